The Kier molecular flexibility index (Phi) is 4.76. The summed E-state index contributed by atoms with van der Waals surface area (Å²) in [6.07, 6.45) is -2.90. The predicted octanol–water partition coefficient (Wildman–Crippen LogP) is 4.76. The number of rotatable bonds is 5. The van der Waals surface area contributed by atoms with Crippen LogP contribution in [0, 0.1) is 5.82 Å². The number of ether oxygens (including phenoxy) is 1. The Morgan fingerprint density at radius 1 is 1.00 bits per heavy atom. The smallest absolute Gasteiger partial charge is 0.406 e. The van der Waals surface area contributed by atoms with Crippen LogP contribution < -0.4 is 10.1 Å². The highest BCUT2D eigenvalue weighted by Gasteiger charge is 2.32. The molecule has 128 valence electrons. The minimum atomic E-state index is -4.67. The van der Waals surface area contributed by atoms with Crippen LogP contribution in [0.4, 0.5) is 17.6 Å². The van der Waals surface area contributed by atoms with Gasteiger partial charge in [-0.05, 0) is 42.5 Å². The minimum Gasteiger partial charge on any atom is -0.406 e. The largest absolute Gasteiger partial charge is 0.573 e. The van der Waals surface area contributed by atoms with E-state index < -0.39 is 6.36 Å². The number of halogens is 4. The summed E-state index contributed by atoms with van der Waals surface area (Å²) < 4.78 is 53.8. The fourth-order valence-electron chi connectivity index (χ4n) is 2.89. The molecule has 1 aliphatic carbocycles. The number of alkyl halides is 3. The molecule has 0 heterocycles. The lowest BCUT2D eigenvalue weighted by Gasteiger charge is -2.36. The standard InChI is InChI=1S/C18H17F4NO/c19-17-4-2-1-3-13(17)11-23-15-9-14(10-15)12-5-7-16(8-6-12)24-18(20,21)22/h1-8,14-15,23H,9-11H2. The lowest BCUT2D eigenvalue weighted by molar-refractivity contribution is -0.274. The normalized spacial score (nSPS) is 20.5. The van der Waals surface area contributed by atoms with Crippen LogP contribution >= 0.6 is 0 Å². The molecule has 0 aromatic heterocycles. The van der Waals surface area contributed by atoms with Gasteiger partial charge in [0.15, 0.2) is 0 Å². The van der Waals surface area contributed by atoms with Crippen LogP contribution in [0.3, 0.4) is 0 Å². The molecule has 0 radical (unpaired) electrons. The second kappa shape index (κ2) is 6.81. The van der Waals surface area contributed by atoms with Gasteiger partial charge >= 0.3 is 6.36 Å². The molecule has 24 heavy (non-hydrogen) atoms. The van der Waals surface area contributed by atoms with Crippen LogP contribution in [0.2, 0.25) is 0 Å². The summed E-state index contributed by atoms with van der Waals surface area (Å²) >= 11 is 0. The molecule has 2 aromatic carbocycles. The van der Waals surface area contributed by atoms with Gasteiger partial charge in [0.25, 0.3) is 0 Å². The van der Waals surface area contributed by atoms with Crippen molar-refractivity contribution >= 4 is 0 Å². The summed E-state index contributed by atoms with van der Waals surface area (Å²) in [7, 11) is 0. The number of nitrogens with one attached hydrogen (secondary N) is 1. The Morgan fingerprint density at radius 2 is 1.67 bits per heavy atom. The summed E-state index contributed by atoms with van der Waals surface area (Å²) in [5.41, 5.74) is 1.63. The van der Waals surface area contributed by atoms with Gasteiger partial charge in [-0.1, -0.05) is 30.3 Å². The Hall–Kier alpha value is -2.08. The van der Waals surface area contributed by atoms with Gasteiger partial charge in [0, 0.05) is 18.2 Å². The van der Waals surface area contributed by atoms with E-state index in [1.165, 1.54) is 18.2 Å². The van der Waals surface area contributed by atoms with Gasteiger partial charge in [-0.25, -0.2) is 4.39 Å². The maximum Gasteiger partial charge on any atom is 0.573 e. The van der Waals surface area contributed by atoms with E-state index in [0.29, 0.717) is 24.1 Å². The Labute approximate surface area is 137 Å². The Balaban J connectivity index is 1.47. The lowest BCUT2D eigenvalue weighted by Crippen LogP contribution is -2.39. The average molecular weight is 339 g/mol. The van der Waals surface area contributed by atoms with Gasteiger partial charge in [-0.15, -0.1) is 13.2 Å². The third-order valence-electron chi connectivity index (χ3n) is 4.26. The van der Waals surface area contributed by atoms with Crippen LogP contribution in [0.25, 0.3) is 0 Å². The molecule has 3 rings (SSSR count). The van der Waals surface area contributed by atoms with Crippen molar-refractivity contribution in [2.24, 2.45) is 0 Å². The van der Waals surface area contributed by atoms with Crippen molar-refractivity contribution in [3.8, 4) is 5.75 Å². The van der Waals surface area contributed by atoms with E-state index in [1.807, 2.05) is 0 Å². The molecule has 0 aliphatic heterocycles. The van der Waals surface area contributed by atoms with Crippen LogP contribution in [0.1, 0.15) is 29.9 Å². The molecule has 0 saturated heterocycles. The molecular formula is C18H17F4NO. The third-order valence-corrected chi connectivity index (χ3v) is 4.26. The first-order valence-electron chi connectivity index (χ1n) is 7.73. The van der Waals surface area contributed by atoms with Crippen molar-refractivity contribution in [3.63, 3.8) is 0 Å². The summed E-state index contributed by atoms with van der Waals surface area (Å²) in [5, 5.41) is 3.30. The third kappa shape index (κ3) is 4.26. The highest BCUT2D eigenvalue weighted by atomic mass is 19.4. The van der Waals surface area contributed by atoms with E-state index in [1.54, 1.807) is 30.3 Å². The van der Waals surface area contributed by atoms with Crippen molar-refractivity contribution < 1.29 is 22.3 Å². The predicted molar refractivity (Wildman–Crippen MR) is 82.1 cm³/mol. The van der Waals surface area contributed by atoms with Crippen LogP contribution in [0.15, 0.2) is 48.5 Å². The first-order chi connectivity index (χ1) is 11.4. The summed E-state index contributed by atoms with van der Waals surface area (Å²) in [6.45, 7) is 0.475. The van der Waals surface area contributed by atoms with Crippen molar-refractivity contribution in [1.29, 1.82) is 0 Å². The fourth-order valence-corrected chi connectivity index (χ4v) is 2.89. The minimum absolute atomic E-state index is 0.209. The van der Waals surface area contributed by atoms with E-state index >= 15 is 0 Å². The number of benzene rings is 2. The molecule has 1 N–H and O–H groups in total. The second-order valence-corrected chi connectivity index (χ2v) is 5.95. The van der Waals surface area contributed by atoms with E-state index in [0.717, 1.165) is 18.4 Å². The van der Waals surface area contributed by atoms with Gasteiger partial charge < -0.3 is 10.1 Å². The molecule has 0 amide bonds. The highest BCUT2D eigenvalue weighted by Crippen LogP contribution is 2.38. The molecule has 2 nitrogen and oxygen atoms in total. The zero-order valence-electron chi connectivity index (χ0n) is 12.8. The maximum absolute atomic E-state index is 13.5. The fraction of sp³-hybridized carbons (Fsp3) is 0.333. The topological polar surface area (TPSA) is 21.3 Å². The molecular weight excluding hydrogens is 322 g/mol. The van der Waals surface area contributed by atoms with Crippen molar-refractivity contribution in [2.45, 2.75) is 37.7 Å². The van der Waals surface area contributed by atoms with Crippen molar-refractivity contribution in [2.75, 3.05) is 0 Å². The second-order valence-electron chi connectivity index (χ2n) is 5.95. The van der Waals surface area contributed by atoms with E-state index in [9.17, 15) is 17.6 Å². The van der Waals surface area contributed by atoms with Crippen LogP contribution in [0.5, 0.6) is 5.75 Å². The molecule has 1 aliphatic rings. The Morgan fingerprint density at radius 3 is 2.29 bits per heavy atom. The molecule has 0 bridgehead atoms. The highest BCUT2D eigenvalue weighted by molar-refractivity contribution is 5.31. The van der Waals surface area contributed by atoms with E-state index in [2.05, 4.69) is 10.1 Å². The molecule has 0 atom stereocenters. The van der Waals surface area contributed by atoms with Gasteiger partial charge in [0.1, 0.15) is 11.6 Å². The van der Waals surface area contributed by atoms with Crippen LogP contribution in [-0.2, 0) is 6.54 Å². The first-order valence-corrected chi connectivity index (χ1v) is 7.73. The van der Waals surface area contributed by atoms with Gasteiger partial charge in [-0.2, -0.15) is 0 Å². The molecule has 1 fully saturated rings. The van der Waals surface area contributed by atoms with Crippen molar-refractivity contribution in [3.05, 3.63) is 65.5 Å². The van der Waals surface area contributed by atoms with Crippen LogP contribution in [-0.4, -0.2) is 12.4 Å². The molecule has 6 heteroatoms. The lowest BCUT2D eigenvalue weighted by atomic mass is 9.76. The van der Waals surface area contributed by atoms with Gasteiger partial charge in [-0.3, -0.25) is 0 Å². The Bertz CT molecular complexity index is 678. The zero-order chi connectivity index (χ0) is 17.2. The summed E-state index contributed by atoms with van der Waals surface area (Å²) in [5.74, 6) is -0.121. The molecule has 0 spiro atoms. The quantitative estimate of drug-likeness (QED) is 0.793. The van der Waals surface area contributed by atoms with Gasteiger partial charge in [0.05, 0.1) is 0 Å². The molecule has 1 saturated carbocycles. The van der Waals surface area contributed by atoms with E-state index in [4.69, 9.17) is 0 Å². The monoisotopic (exact) mass is 339 g/mol. The first kappa shape index (κ1) is 16.8. The summed E-state index contributed by atoms with van der Waals surface area (Å²) in [6, 6.07) is 12.9. The van der Waals surface area contributed by atoms with E-state index in [-0.39, 0.29) is 11.6 Å². The maximum atomic E-state index is 13.5. The molecule has 0 unspecified atom stereocenters. The van der Waals surface area contributed by atoms with Crippen molar-refractivity contribution in [1.82, 2.24) is 5.32 Å². The average Bonchev–Trinajstić information content (AvgIpc) is 2.47. The SMILES string of the molecule is Fc1ccccc1CNC1CC(c2ccc(OC(F)(F)F)cc2)C1. The number of hydrogen-bond donors (Lipinski definition) is 1. The number of hydrogen-bond acceptors (Lipinski definition) is 2. The summed E-state index contributed by atoms with van der Waals surface area (Å²) in [4.78, 5) is 0. The molecule has 2 aromatic rings. The van der Waals surface area contributed by atoms with Gasteiger partial charge in [0.2, 0.25) is 0 Å². The zero-order valence-corrected chi connectivity index (χ0v) is 12.8.